The molecular formula is C12H21N5O3. The van der Waals surface area contributed by atoms with E-state index in [9.17, 15) is 9.59 Å². The quantitative estimate of drug-likeness (QED) is 0.524. The molecule has 0 bridgehead atoms. The minimum atomic E-state index is -0.612. The van der Waals surface area contributed by atoms with Gasteiger partial charge in [0.2, 0.25) is 5.82 Å². The maximum atomic E-state index is 11.3. The van der Waals surface area contributed by atoms with Crippen molar-refractivity contribution in [1.29, 1.82) is 0 Å². The van der Waals surface area contributed by atoms with Gasteiger partial charge >= 0.3 is 5.69 Å². The highest BCUT2D eigenvalue weighted by Crippen LogP contribution is 2.19. The summed E-state index contributed by atoms with van der Waals surface area (Å²) in [5, 5.41) is 8.66. The molecule has 0 spiro atoms. The summed E-state index contributed by atoms with van der Waals surface area (Å²) in [6, 6.07) is 0.328. The number of aromatic nitrogens is 3. The van der Waals surface area contributed by atoms with Crippen molar-refractivity contribution < 1.29 is 4.74 Å². The van der Waals surface area contributed by atoms with Crippen molar-refractivity contribution in [3.63, 3.8) is 0 Å². The molecule has 0 aliphatic heterocycles. The Bertz CT molecular complexity index is 518. The van der Waals surface area contributed by atoms with Crippen LogP contribution < -0.4 is 22.3 Å². The molecule has 1 aliphatic rings. The standard InChI is InChI=1S/C12H21N5O3/c13-8-2-4-9(5-3-8)20-7-1-6-14-10-11(18)15-12(19)17-16-10/h8-9H,1-7,13H2,(H,14,16)(H2,15,17,18,19). The Kier molecular flexibility index (Phi) is 5.31. The number of nitrogens with two attached hydrogens (primary N) is 1. The van der Waals surface area contributed by atoms with Crippen LogP contribution in [0.3, 0.4) is 0 Å². The molecule has 1 aromatic rings. The number of anilines is 1. The van der Waals surface area contributed by atoms with Crippen molar-refractivity contribution in [3.05, 3.63) is 20.8 Å². The molecule has 112 valence electrons. The first-order valence-corrected chi connectivity index (χ1v) is 6.95. The molecule has 1 aliphatic carbocycles. The van der Waals surface area contributed by atoms with Crippen LogP contribution in [0.2, 0.25) is 0 Å². The SMILES string of the molecule is NC1CCC(OCCCNc2n[nH]c(=O)[nH]c2=O)CC1. The molecule has 5 N–H and O–H groups in total. The van der Waals surface area contributed by atoms with Crippen LogP contribution in [0.15, 0.2) is 9.59 Å². The summed E-state index contributed by atoms with van der Waals surface area (Å²) in [5.74, 6) is 0.119. The Morgan fingerprint density at radius 1 is 1.30 bits per heavy atom. The lowest BCUT2D eigenvalue weighted by Crippen LogP contribution is -2.30. The van der Waals surface area contributed by atoms with Crippen LogP contribution in [0.25, 0.3) is 0 Å². The summed E-state index contributed by atoms with van der Waals surface area (Å²) in [5.41, 5.74) is 4.70. The van der Waals surface area contributed by atoms with Gasteiger partial charge < -0.3 is 15.8 Å². The lowest BCUT2D eigenvalue weighted by atomic mass is 9.94. The molecule has 1 heterocycles. The van der Waals surface area contributed by atoms with Crippen molar-refractivity contribution in [2.24, 2.45) is 5.73 Å². The number of H-pyrrole nitrogens is 2. The van der Waals surface area contributed by atoms with Crippen LogP contribution in [-0.2, 0) is 4.74 Å². The van der Waals surface area contributed by atoms with Crippen LogP contribution in [0.5, 0.6) is 0 Å². The Morgan fingerprint density at radius 3 is 2.75 bits per heavy atom. The van der Waals surface area contributed by atoms with Crippen molar-refractivity contribution in [1.82, 2.24) is 15.2 Å². The first-order valence-electron chi connectivity index (χ1n) is 6.95. The fourth-order valence-corrected chi connectivity index (χ4v) is 2.25. The fourth-order valence-electron chi connectivity index (χ4n) is 2.25. The molecule has 1 fully saturated rings. The highest BCUT2D eigenvalue weighted by atomic mass is 16.5. The molecule has 0 aromatic carbocycles. The predicted octanol–water partition coefficient (Wildman–Crippen LogP) is -0.453. The monoisotopic (exact) mass is 283 g/mol. The molecule has 0 amide bonds. The molecule has 0 atom stereocenters. The first kappa shape index (κ1) is 14.7. The van der Waals surface area contributed by atoms with Crippen LogP contribution in [0, 0.1) is 0 Å². The summed E-state index contributed by atoms with van der Waals surface area (Å²) in [4.78, 5) is 24.2. The highest BCUT2D eigenvalue weighted by molar-refractivity contribution is 5.28. The number of ether oxygens (including phenoxy) is 1. The third-order valence-corrected chi connectivity index (χ3v) is 3.40. The smallest absolute Gasteiger partial charge is 0.342 e. The Labute approximate surface area is 116 Å². The van der Waals surface area contributed by atoms with E-state index in [0.29, 0.717) is 25.3 Å². The molecule has 1 saturated carbocycles. The lowest BCUT2D eigenvalue weighted by molar-refractivity contribution is 0.0251. The van der Waals surface area contributed by atoms with Crippen molar-refractivity contribution >= 4 is 5.82 Å². The van der Waals surface area contributed by atoms with E-state index in [-0.39, 0.29) is 5.82 Å². The summed E-state index contributed by atoms with van der Waals surface area (Å²) < 4.78 is 5.76. The normalized spacial score (nSPS) is 22.6. The second-order valence-corrected chi connectivity index (χ2v) is 5.04. The number of nitrogens with one attached hydrogen (secondary N) is 3. The van der Waals surface area contributed by atoms with Crippen LogP contribution in [0.4, 0.5) is 5.82 Å². The number of aromatic amines is 2. The highest BCUT2D eigenvalue weighted by Gasteiger charge is 2.18. The lowest BCUT2D eigenvalue weighted by Gasteiger charge is -2.26. The van der Waals surface area contributed by atoms with E-state index in [1.54, 1.807) is 0 Å². The predicted molar refractivity (Wildman–Crippen MR) is 74.8 cm³/mol. The van der Waals surface area contributed by atoms with E-state index < -0.39 is 11.2 Å². The van der Waals surface area contributed by atoms with Gasteiger partial charge in [-0.05, 0) is 32.1 Å². The molecule has 2 rings (SSSR count). The number of rotatable bonds is 6. The summed E-state index contributed by atoms with van der Waals surface area (Å²) in [6.07, 6.45) is 5.18. The van der Waals surface area contributed by atoms with Gasteiger partial charge in [-0.1, -0.05) is 0 Å². The molecule has 0 radical (unpaired) electrons. The van der Waals surface area contributed by atoms with E-state index in [0.717, 1.165) is 32.1 Å². The molecule has 8 nitrogen and oxygen atoms in total. The van der Waals surface area contributed by atoms with Gasteiger partial charge in [0.05, 0.1) is 6.10 Å². The summed E-state index contributed by atoms with van der Waals surface area (Å²) in [6.45, 7) is 1.20. The molecular weight excluding hydrogens is 262 g/mol. The van der Waals surface area contributed by atoms with E-state index in [4.69, 9.17) is 10.5 Å². The van der Waals surface area contributed by atoms with Gasteiger partial charge in [0.25, 0.3) is 5.56 Å². The van der Waals surface area contributed by atoms with E-state index >= 15 is 0 Å². The van der Waals surface area contributed by atoms with Gasteiger partial charge in [-0.3, -0.25) is 9.78 Å². The van der Waals surface area contributed by atoms with Crippen molar-refractivity contribution in [3.8, 4) is 0 Å². The Hall–Kier alpha value is -1.67. The minimum absolute atomic E-state index is 0.119. The number of nitrogens with zero attached hydrogens (tertiary/aromatic N) is 1. The van der Waals surface area contributed by atoms with Gasteiger partial charge in [-0.15, -0.1) is 5.10 Å². The largest absolute Gasteiger partial charge is 0.378 e. The summed E-state index contributed by atoms with van der Waals surface area (Å²) >= 11 is 0. The van der Waals surface area contributed by atoms with E-state index in [1.165, 1.54) is 0 Å². The maximum Gasteiger partial charge on any atom is 0.342 e. The summed E-state index contributed by atoms with van der Waals surface area (Å²) in [7, 11) is 0. The van der Waals surface area contributed by atoms with Gasteiger partial charge in [0, 0.05) is 19.2 Å². The van der Waals surface area contributed by atoms with Crippen LogP contribution >= 0.6 is 0 Å². The average Bonchev–Trinajstić information content (AvgIpc) is 2.42. The second kappa shape index (κ2) is 7.20. The van der Waals surface area contributed by atoms with Gasteiger partial charge in [0.1, 0.15) is 0 Å². The third-order valence-electron chi connectivity index (χ3n) is 3.40. The van der Waals surface area contributed by atoms with Gasteiger partial charge in [-0.2, -0.15) is 0 Å². The molecule has 20 heavy (non-hydrogen) atoms. The van der Waals surface area contributed by atoms with Crippen molar-refractivity contribution in [2.75, 3.05) is 18.5 Å². The average molecular weight is 283 g/mol. The third kappa shape index (κ3) is 4.46. The van der Waals surface area contributed by atoms with Gasteiger partial charge in [-0.25, -0.2) is 9.89 Å². The minimum Gasteiger partial charge on any atom is -0.378 e. The first-order chi connectivity index (χ1) is 9.65. The zero-order valence-electron chi connectivity index (χ0n) is 11.4. The van der Waals surface area contributed by atoms with Crippen LogP contribution in [0.1, 0.15) is 32.1 Å². The number of hydrogen-bond acceptors (Lipinski definition) is 6. The van der Waals surface area contributed by atoms with Crippen molar-refractivity contribution in [2.45, 2.75) is 44.2 Å². The van der Waals surface area contributed by atoms with E-state index in [1.807, 2.05) is 0 Å². The topological polar surface area (TPSA) is 126 Å². The molecule has 0 saturated heterocycles. The molecule has 0 unspecified atom stereocenters. The molecule has 1 aromatic heterocycles. The maximum absolute atomic E-state index is 11.3. The van der Waals surface area contributed by atoms with E-state index in [2.05, 4.69) is 20.5 Å². The Balaban J connectivity index is 1.62. The van der Waals surface area contributed by atoms with Gasteiger partial charge in [0.15, 0.2) is 0 Å². The molecule has 8 heteroatoms. The zero-order valence-corrected chi connectivity index (χ0v) is 11.4. The fraction of sp³-hybridized carbons (Fsp3) is 0.750. The Morgan fingerprint density at radius 2 is 2.05 bits per heavy atom. The zero-order chi connectivity index (χ0) is 14.4. The second-order valence-electron chi connectivity index (χ2n) is 5.04. The number of hydrogen-bond donors (Lipinski definition) is 4. The van der Waals surface area contributed by atoms with Crippen LogP contribution in [-0.4, -0.2) is 40.5 Å².